The quantitative estimate of drug-likeness (QED) is 0.597. The topological polar surface area (TPSA) is 55.4 Å². The van der Waals surface area contributed by atoms with Gasteiger partial charge in [0.15, 0.2) is 0 Å². The van der Waals surface area contributed by atoms with E-state index in [0.29, 0.717) is 0 Å². The van der Waals surface area contributed by atoms with Crippen molar-refractivity contribution in [1.29, 1.82) is 0 Å². The summed E-state index contributed by atoms with van der Waals surface area (Å²) in [6.07, 6.45) is 5.00. The second kappa shape index (κ2) is 6.29. The molecular formula is C13H21NO3. The molecule has 1 atom stereocenters. The molecule has 0 saturated heterocycles. The summed E-state index contributed by atoms with van der Waals surface area (Å²) >= 11 is 0. The third kappa shape index (κ3) is 6.62. The summed E-state index contributed by atoms with van der Waals surface area (Å²) in [6.45, 7) is 9.03. The molecule has 0 aliphatic carbocycles. The molecule has 0 fully saturated rings. The highest BCUT2D eigenvalue weighted by Crippen LogP contribution is 2.12. The first-order chi connectivity index (χ1) is 7.67. The third-order valence-corrected chi connectivity index (χ3v) is 1.91. The lowest BCUT2D eigenvalue weighted by Gasteiger charge is -2.26. The van der Waals surface area contributed by atoms with Crippen LogP contribution in [0.25, 0.3) is 0 Å². The molecule has 0 bridgehead atoms. The van der Waals surface area contributed by atoms with Gasteiger partial charge in [0.1, 0.15) is 11.6 Å². The van der Waals surface area contributed by atoms with Gasteiger partial charge >= 0.3 is 5.97 Å². The van der Waals surface area contributed by atoms with Gasteiger partial charge in [-0.3, -0.25) is 4.79 Å². The van der Waals surface area contributed by atoms with Crippen molar-refractivity contribution in [2.75, 3.05) is 0 Å². The fraction of sp³-hybridized carbons (Fsp3) is 0.692. The molecule has 1 amide bonds. The molecule has 0 radical (unpaired) electrons. The lowest BCUT2D eigenvalue weighted by atomic mass is 10.0. The molecule has 0 aliphatic heterocycles. The first kappa shape index (κ1) is 15.5. The van der Waals surface area contributed by atoms with E-state index in [0.717, 1.165) is 0 Å². The summed E-state index contributed by atoms with van der Waals surface area (Å²) in [5.41, 5.74) is -0.568. The summed E-state index contributed by atoms with van der Waals surface area (Å²) in [4.78, 5) is 23.2. The maximum absolute atomic E-state index is 11.9. The van der Waals surface area contributed by atoms with Crippen molar-refractivity contribution in [2.45, 2.75) is 52.7 Å². The van der Waals surface area contributed by atoms with E-state index in [2.05, 4.69) is 11.2 Å². The van der Waals surface area contributed by atoms with Crippen LogP contribution in [0.2, 0.25) is 0 Å². The lowest BCUT2D eigenvalue weighted by Crippen LogP contribution is -2.47. The molecular weight excluding hydrogens is 218 g/mol. The highest BCUT2D eigenvalue weighted by molar-refractivity contribution is 5.85. The zero-order chi connectivity index (χ0) is 13.6. The lowest BCUT2D eigenvalue weighted by molar-refractivity contribution is -0.159. The molecule has 0 heterocycles. The maximum Gasteiger partial charge on any atom is 0.329 e. The number of terminal acetylenes is 1. The minimum Gasteiger partial charge on any atom is -0.458 e. The molecule has 0 aliphatic rings. The zero-order valence-corrected chi connectivity index (χ0v) is 11.2. The molecule has 1 N–H and O–H groups in total. The number of hydrogen-bond donors (Lipinski definition) is 1. The molecule has 0 saturated carbocycles. The fourth-order valence-electron chi connectivity index (χ4n) is 1.18. The second-order valence-electron chi connectivity index (χ2n) is 5.20. The number of carbonyl (C=O) groups is 2. The second-order valence-corrected chi connectivity index (χ2v) is 5.20. The van der Waals surface area contributed by atoms with Crippen molar-refractivity contribution in [3.8, 4) is 12.3 Å². The molecule has 96 valence electrons. The average molecular weight is 239 g/mol. The van der Waals surface area contributed by atoms with E-state index in [1.165, 1.54) is 0 Å². The molecule has 0 unspecified atom stereocenters. The molecule has 4 heteroatoms. The number of amides is 1. The number of esters is 1. The van der Waals surface area contributed by atoms with Crippen LogP contribution in [0.15, 0.2) is 0 Å². The van der Waals surface area contributed by atoms with E-state index in [1.54, 1.807) is 20.8 Å². The summed E-state index contributed by atoms with van der Waals surface area (Å²) in [5, 5.41) is 2.58. The fourth-order valence-corrected chi connectivity index (χ4v) is 1.18. The number of nitrogens with one attached hydrogen (secondary N) is 1. The summed E-state index contributed by atoms with van der Waals surface area (Å²) < 4.78 is 5.23. The number of ether oxygens (including phenoxy) is 1. The Morgan fingerprint density at radius 3 is 2.24 bits per heavy atom. The number of rotatable bonds is 4. The molecule has 0 aromatic heterocycles. The van der Waals surface area contributed by atoms with Gasteiger partial charge in [-0.15, -0.1) is 6.42 Å². The largest absolute Gasteiger partial charge is 0.458 e. The van der Waals surface area contributed by atoms with Gasteiger partial charge < -0.3 is 10.1 Å². The Morgan fingerprint density at radius 2 is 1.88 bits per heavy atom. The van der Waals surface area contributed by atoms with Crippen molar-refractivity contribution in [2.24, 2.45) is 5.92 Å². The van der Waals surface area contributed by atoms with Crippen LogP contribution in [0, 0.1) is 18.3 Å². The van der Waals surface area contributed by atoms with Gasteiger partial charge in [-0.2, -0.15) is 0 Å². The van der Waals surface area contributed by atoms with Crippen molar-refractivity contribution in [3.63, 3.8) is 0 Å². The summed E-state index contributed by atoms with van der Waals surface area (Å²) in [7, 11) is 0. The third-order valence-electron chi connectivity index (χ3n) is 1.91. The predicted molar refractivity (Wildman–Crippen MR) is 66.1 cm³/mol. The van der Waals surface area contributed by atoms with Crippen LogP contribution in [-0.4, -0.2) is 23.5 Å². The van der Waals surface area contributed by atoms with Gasteiger partial charge in [-0.05, 0) is 26.7 Å². The van der Waals surface area contributed by atoms with E-state index in [-0.39, 0.29) is 18.2 Å². The number of hydrogen-bond acceptors (Lipinski definition) is 3. The Bertz CT molecular complexity index is 321. The highest BCUT2D eigenvalue weighted by Gasteiger charge is 2.28. The van der Waals surface area contributed by atoms with Crippen LogP contribution >= 0.6 is 0 Å². The SMILES string of the molecule is C#CCC(=O)N[C@H](C(=O)OC(C)(C)C)C(C)C. The van der Waals surface area contributed by atoms with E-state index in [1.807, 2.05) is 13.8 Å². The van der Waals surface area contributed by atoms with Gasteiger partial charge in [0.25, 0.3) is 0 Å². The van der Waals surface area contributed by atoms with Crippen LogP contribution in [-0.2, 0) is 14.3 Å². The maximum atomic E-state index is 11.9. The normalized spacial score (nSPS) is 12.8. The summed E-state index contributed by atoms with van der Waals surface area (Å²) in [6, 6.07) is -0.657. The van der Waals surface area contributed by atoms with Crippen LogP contribution in [0.4, 0.5) is 0 Å². The van der Waals surface area contributed by atoms with Gasteiger partial charge in [-0.25, -0.2) is 4.79 Å². The van der Waals surface area contributed by atoms with Crippen molar-refractivity contribution in [1.82, 2.24) is 5.32 Å². The van der Waals surface area contributed by atoms with Crippen molar-refractivity contribution < 1.29 is 14.3 Å². The standard InChI is InChI=1S/C13H21NO3/c1-7-8-10(15)14-11(9(2)3)12(16)17-13(4,5)6/h1,9,11H,8H2,2-6H3,(H,14,15)/t11-/m0/s1. The van der Waals surface area contributed by atoms with Crippen LogP contribution in [0.3, 0.4) is 0 Å². The molecule has 0 rings (SSSR count). The van der Waals surface area contributed by atoms with Gasteiger partial charge in [0, 0.05) is 0 Å². The van der Waals surface area contributed by atoms with Crippen LogP contribution < -0.4 is 5.32 Å². The smallest absolute Gasteiger partial charge is 0.329 e. The highest BCUT2D eigenvalue weighted by atomic mass is 16.6. The Labute approximate surface area is 103 Å². The molecule has 4 nitrogen and oxygen atoms in total. The molecule has 0 aromatic rings. The van der Waals surface area contributed by atoms with E-state index in [4.69, 9.17) is 11.2 Å². The molecule has 0 aromatic carbocycles. The monoisotopic (exact) mass is 239 g/mol. The van der Waals surface area contributed by atoms with Crippen molar-refractivity contribution >= 4 is 11.9 Å². The number of carbonyl (C=O) groups excluding carboxylic acids is 2. The Kier molecular flexibility index (Phi) is 5.73. The predicted octanol–water partition coefficient (Wildman–Crippen LogP) is 1.49. The van der Waals surface area contributed by atoms with E-state index >= 15 is 0 Å². The minimum atomic E-state index is -0.657. The average Bonchev–Trinajstić information content (AvgIpc) is 2.11. The summed E-state index contributed by atoms with van der Waals surface area (Å²) in [5.74, 6) is 1.42. The Balaban J connectivity index is 4.59. The molecule has 17 heavy (non-hydrogen) atoms. The van der Waals surface area contributed by atoms with E-state index in [9.17, 15) is 9.59 Å². The first-order valence-electron chi connectivity index (χ1n) is 5.63. The zero-order valence-electron chi connectivity index (χ0n) is 11.2. The van der Waals surface area contributed by atoms with Crippen LogP contribution in [0.5, 0.6) is 0 Å². The first-order valence-corrected chi connectivity index (χ1v) is 5.63. The van der Waals surface area contributed by atoms with Gasteiger partial charge in [0.2, 0.25) is 5.91 Å². The van der Waals surface area contributed by atoms with Gasteiger partial charge in [-0.1, -0.05) is 19.8 Å². The van der Waals surface area contributed by atoms with E-state index < -0.39 is 17.6 Å². The minimum absolute atomic E-state index is 0.0357. The Morgan fingerprint density at radius 1 is 1.35 bits per heavy atom. The Hall–Kier alpha value is -1.50. The molecule has 0 spiro atoms. The van der Waals surface area contributed by atoms with Crippen molar-refractivity contribution in [3.05, 3.63) is 0 Å². The van der Waals surface area contributed by atoms with Gasteiger partial charge in [0.05, 0.1) is 6.42 Å². The van der Waals surface area contributed by atoms with Crippen LogP contribution in [0.1, 0.15) is 41.0 Å².